The van der Waals surface area contributed by atoms with Gasteiger partial charge in [-0.3, -0.25) is 15.1 Å². The lowest BCUT2D eigenvalue weighted by Gasteiger charge is -2.19. The van der Waals surface area contributed by atoms with Crippen LogP contribution in [-0.2, 0) is 4.74 Å². The number of nitrogens with one attached hydrogen (secondary N) is 1. The third-order valence-electron chi connectivity index (χ3n) is 2.31. The normalized spacial score (nSPS) is 10.3. The molecule has 1 aromatic rings. The zero-order chi connectivity index (χ0) is 16.6. The molecule has 0 aromatic carbocycles. The molecule has 1 amide bonds. The molecule has 0 atom stereocenters. The van der Waals surface area contributed by atoms with E-state index >= 15 is 0 Å². The van der Waals surface area contributed by atoms with Crippen molar-refractivity contribution in [3.8, 4) is 11.8 Å². The van der Waals surface area contributed by atoms with Crippen LogP contribution in [0.4, 0.5) is 10.5 Å². The molecule has 0 radical (unpaired) electrons. The van der Waals surface area contributed by atoms with Crippen molar-refractivity contribution in [3.63, 3.8) is 0 Å². The van der Waals surface area contributed by atoms with E-state index in [0.29, 0.717) is 24.9 Å². The van der Waals surface area contributed by atoms with Gasteiger partial charge in [-0.05, 0) is 27.2 Å². The van der Waals surface area contributed by atoms with E-state index in [1.54, 1.807) is 20.8 Å². The fourth-order valence-corrected chi connectivity index (χ4v) is 1.44. The van der Waals surface area contributed by atoms with Crippen LogP contribution in [0, 0.1) is 22.0 Å². The number of amides is 1. The average molecular weight is 305 g/mol. The average Bonchev–Trinajstić information content (AvgIpc) is 2.41. The van der Waals surface area contributed by atoms with Crippen LogP contribution in [0.3, 0.4) is 0 Å². The molecule has 1 heterocycles. The number of rotatable bonds is 4. The zero-order valence-corrected chi connectivity index (χ0v) is 12.9. The van der Waals surface area contributed by atoms with Crippen molar-refractivity contribution >= 4 is 11.8 Å². The minimum absolute atomic E-state index is 0.0848. The molecular formula is C15H19N3O4. The van der Waals surface area contributed by atoms with Crippen molar-refractivity contribution in [2.24, 2.45) is 0 Å². The number of nitro groups is 1. The quantitative estimate of drug-likeness (QED) is 0.399. The molecule has 1 N–H and O–H groups in total. The molecule has 7 heteroatoms. The molecule has 0 bridgehead atoms. The maximum absolute atomic E-state index is 11.4. The monoisotopic (exact) mass is 305 g/mol. The number of carbonyl (C=O) groups excluding carboxylic acids is 1. The summed E-state index contributed by atoms with van der Waals surface area (Å²) < 4.78 is 5.09. The molecule has 0 saturated carbocycles. The molecule has 0 saturated heterocycles. The van der Waals surface area contributed by atoms with Gasteiger partial charge in [0.25, 0.3) is 5.69 Å². The van der Waals surface area contributed by atoms with E-state index in [0.717, 1.165) is 0 Å². The number of nitrogens with zero attached hydrogens (tertiary/aromatic N) is 2. The summed E-state index contributed by atoms with van der Waals surface area (Å²) in [5, 5.41) is 13.2. The third kappa shape index (κ3) is 7.24. The predicted molar refractivity (Wildman–Crippen MR) is 81.2 cm³/mol. The van der Waals surface area contributed by atoms with E-state index in [1.165, 1.54) is 18.5 Å². The Kier molecular flexibility index (Phi) is 6.32. The first kappa shape index (κ1) is 17.4. The van der Waals surface area contributed by atoms with Crippen molar-refractivity contribution in [1.29, 1.82) is 0 Å². The highest BCUT2D eigenvalue weighted by Crippen LogP contribution is 2.09. The van der Waals surface area contributed by atoms with Gasteiger partial charge >= 0.3 is 6.09 Å². The Hall–Kier alpha value is -2.62. The number of alkyl carbamates (subject to hydrolysis) is 1. The number of ether oxygens (including phenoxy) is 1. The summed E-state index contributed by atoms with van der Waals surface area (Å²) in [7, 11) is 0. The zero-order valence-electron chi connectivity index (χ0n) is 12.9. The van der Waals surface area contributed by atoms with Crippen LogP contribution < -0.4 is 5.32 Å². The van der Waals surface area contributed by atoms with Gasteiger partial charge in [0.05, 0.1) is 4.92 Å². The molecule has 118 valence electrons. The van der Waals surface area contributed by atoms with Gasteiger partial charge in [-0.25, -0.2) is 4.79 Å². The van der Waals surface area contributed by atoms with E-state index in [4.69, 9.17) is 4.74 Å². The number of pyridine rings is 1. The summed E-state index contributed by atoms with van der Waals surface area (Å²) in [6.07, 6.45) is 3.41. The second-order valence-corrected chi connectivity index (χ2v) is 5.52. The largest absolute Gasteiger partial charge is 0.444 e. The molecule has 0 spiro atoms. The van der Waals surface area contributed by atoms with Crippen molar-refractivity contribution in [2.75, 3.05) is 6.54 Å². The fraction of sp³-hybridized carbons (Fsp3) is 0.467. The molecule has 1 aromatic heterocycles. The minimum Gasteiger partial charge on any atom is -0.444 e. The van der Waals surface area contributed by atoms with Crippen molar-refractivity contribution in [2.45, 2.75) is 39.2 Å². The van der Waals surface area contributed by atoms with Crippen LogP contribution in [0.5, 0.6) is 0 Å². The van der Waals surface area contributed by atoms with E-state index in [1.807, 2.05) is 0 Å². The summed E-state index contributed by atoms with van der Waals surface area (Å²) >= 11 is 0. The first-order chi connectivity index (χ1) is 10.3. The minimum atomic E-state index is -0.515. The lowest BCUT2D eigenvalue weighted by Crippen LogP contribution is -2.32. The molecule has 1 rings (SSSR count). The molecule has 0 fully saturated rings. The predicted octanol–water partition coefficient (Wildman–Crippen LogP) is 2.65. The van der Waals surface area contributed by atoms with Crippen molar-refractivity contribution in [3.05, 3.63) is 34.1 Å². The summed E-state index contributed by atoms with van der Waals surface area (Å²) in [4.78, 5) is 25.2. The maximum Gasteiger partial charge on any atom is 0.407 e. The summed E-state index contributed by atoms with van der Waals surface area (Å²) in [5.74, 6) is 5.69. The summed E-state index contributed by atoms with van der Waals surface area (Å²) in [5.41, 5.74) is -0.105. The first-order valence-corrected chi connectivity index (χ1v) is 6.83. The van der Waals surface area contributed by atoms with E-state index in [9.17, 15) is 14.9 Å². The molecule has 0 aliphatic rings. The molecular weight excluding hydrogens is 286 g/mol. The van der Waals surface area contributed by atoms with Gasteiger partial charge in [-0.1, -0.05) is 11.8 Å². The van der Waals surface area contributed by atoms with Crippen molar-refractivity contribution in [1.82, 2.24) is 10.3 Å². The highest BCUT2D eigenvalue weighted by Gasteiger charge is 2.15. The van der Waals surface area contributed by atoms with E-state index in [-0.39, 0.29) is 5.69 Å². The Bertz CT molecular complexity index is 597. The molecule has 22 heavy (non-hydrogen) atoms. The smallest absolute Gasteiger partial charge is 0.407 e. The van der Waals surface area contributed by atoms with Crippen LogP contribution in [0.2, 0.25) is 0 Å². The van der Waals surface area contributed by atoms with Crippen LogP contribution >= 0.6 is 0 Å². The fourth-order valence-electron chi connectivity index (χ4n) is 1.44. The van der Waals surface area contributed by atoms with E-state index < -0.39 is 16.6 Å². The Morgan fingerprint density at radius 1 is 1.45 bits per heavy atom. The Morgan fingerprint density at radius 2 is 2.18 bits per heavy atom. The Morgan fingerprint density at radius 3 is 2.82 bits per heavy atom. The number of carbonyl (C=O) groups is 1. The van der Waals surface area contributed by atoms with Crippen LogP contribution in [-0.4, -0.2) is 28.1 Å². The molecule has 0 aliphatic heterocycles. The molecule has 7 nitrogen and oxygen atoms in total. The lowest BCUT2D eigenvalue weighted by molar-refractivity contribution is -0.385. The molecule has 0 unspecified atom stereocenters. The number of hydrogen-bond acceptors (Lipinski definition) is 5. The third-order valence-corrected chi connectivity index (χ3v) is 2.31. The second-order valence-electron chi connectivity index (χ2n) is 5.52. The van der Waals surface area contributed by atoms with Crippen LogP contribution in [0.25, 0.3) is 0 Å². The highest BCUT2D eigenvalue weighted by molar-refractivity contribution is 5.67. The van der Waals surface area contributed by atoms with Gasteiger partial charge in [-0.15, -0.1) is 0 Å². The van der Waals surface area contributed by atoms with Gasteiger partial charge < -0.3 is 10.1 Å². The van der Waals surface area contributed by atoms with Gasteiger partial charge in [0.1, 0.15) is 11.8 Å². The Labute approximate surface area is 129 Å². The first-order valence-electron chi connectivity index (χ1n) is 6.83. The highest BCUT2D eigenvalue weighted by atomic mass is 16.6. The Balaban J connectivity index is 2.33. The van der Waals surface area contributed by atoms with Gasteiger partial charge in [0.15, 0.2) is 0 Å². The number of hydrogen-bond donors (Lipinski definition) is 1. The van der Waals surface area contributed by atoms with Crippen molar-refractivity contribution < 1.29 is 14.5 Å². The van der Waals surface area contributed by atoms with Crippen LogP contribution in [0.1, 0.15) is 39.2 Å². The summed E-state index contributed by atoms with van der Waals surface area (Å²) in [6, 6.07) is 1.37. The van der Waals surface area contributed by atoms with E-state index in [2.05, 4.69) is 22.1 Å². The second kappa shape index (κ2) is 7.98. The number of aromatic nitrogens is 1. The standard InChI is InChI=1S/C15H19N3O4/c1-15(2,3)22-14(19)17-8-6-4-5-7-12-9-13(18(20)21)11-16-10-12/h9-11H,4,6,8H2,1-3H3,(H,17,19). The van der Waals surface area contributed by atoms with Gasteiger partial charge in [0, 0.05) is 30.8 Å². The van der Waals surface area contributed by atoms with Gasteiger partial charge in [0.2, 0.25) is 0 Å². The SMILES string of the molecule is CC(C)(C)OC(=O)NCCCC#Cc1cncc([N+](=O)[O-])c1. The topological polar surface area (TPSA) is 94.4 Å². The van der Waals surface area contributed by atoms with Gasteiger partial charge in [-0.2, -0.15) is 0 Å². The maximum atomic E-state index is 11.4. The molecule has 0 aliphatic carbocycles. The number of unbranched alkanes of at least 4 members (excludes halogenated alkanes) is 1. The summed E-state index contributed by atoms with van der Waals surface area (Å²) in [6.45, 7) is 5.85. The lowest BCUT2D eigenvalue weighted by atomic mass is 10.2. The van der Waals surface area contributed by atoms with Crippen LogP contribution in [0.15, 0.2) is 18.5 Å².